The maximum Gasteiger partial charge on any atom is 0.252 e. The Hall–Kier alpha value is -1.68. The van der Waals surface area contributed by atoms with Gasteiger partial charge in [0.1, 0.15) is 0 Å². The Kier molecular flexibility index (Phi) is 3.24. The van der Waals surface area contributed by atoms with Crippen LogP contribution in [0, 0.1) is 0 Å². The Morgan fingerprint density at radius 1 is 1.18 bits per heavy atom. The summed E-state index contributed by atoms with van der Waals surface area (Å²) in [5.74, 6) is 1.38. The molecule has 0 radical (unpaired) electrons. The minimum atomic E-state index is -0.181. The molecule has 0 amide bonds. The molecule has 17 heavy (non-hydrogen) atoms. The van der Waals surface area contributed by atoms with Crippen molar-refractivity contribution in [2.75, 3.05) is 14.2 Å². The quantitative estimate of drug-likeness (QED) is 0.854. The third-order valence-electron chi connectivity index (χ3n) is 2.57. The number of methoxy groups -OCH3 is 2. The number of rotatable bonds is 3. The molecule has 1 aromatic heterocycles. The van der Waals surface area contributed by atoms with Crippen molar-refractivity contribution in [1.29, 1.82) is 0 Å². The first-order valence-electron chi connectivity index (χ1n) is 5.03. The highest BCUT2D eigenvalue weighted by atomic mass is 35.5. The maximum atomic E-state index is 11.6. The predicted octanol–water partition coefficient (Wildman–Crippen LogP) is 2.28. The summed E-state index contributed by atoms with van der Waals surface area (Å²) < 4.78 is 10.4. The molecule has 0 spiro atoms. The molecule has 1 heterocycles. The lowest BCUT2D eigenvalue weighted by molar-refractivity contribution is 0.356. The Bertz CT molecular complexity index is 606. The van der Waals surface area contributed by atoms with Crippen molar-refractivity contribution in [1.82, 2.24) is 4.98 Å². The van der Waals surface area contributed by atoms with Crippen LogP contribution in [0.2, 0.25) is 0 Å². The average Bonchev–Trinajstić information content (AvgIpc) is 2.36. The summed E-state index contributed by atoms with van der Waals surface area (Å²) in [7, 11) is 3.12. The topological polar surface area (TPSA) is 51.3 Å². The zero-order valence-electron chi connectivity index (χ0n) is 9.54. The minimum Gasteiger partial charge on any atom is -0.493 e. The number of benzene rings is 1. The van der Waals surface area contributed by atoms with Gasteiger partial charge in [-0.1, -0.05) is 0 Å². The van der Waals surface area contributed by atoms with Crippen molar-refractivity contribution in [2.24, 2.45) is 0 Å². The summed E-state index contributed by atoms with van der Waals surface area (Å²) in [4.78, 5) is 14.4. The van der Waals surface area contributed by atoms with Crippen molar-refractivity contribution in [3.05, 3.63) is 34.1 Å². The lowest BCUT2D eigenvalue weighted by Crippen LogP contribution is -2.10. The van der Waals surface area contributed by atoms with E-state index in [4.69, 9.17) is 21.1 Å². The highest BCUT2D eigenvalue weighted by Crippen LogP contribution is 2.31. The molecule has 2 rings (SSSR count). The van der Waals surface area contributed by atoms with E-state index >= 15 is 0 Å². The van der Waals surface area contributed by atoms with Crippen LogP contribution in [0.3, 0.4) is 0 Å². The highest BCUT2D eigenvalue weighted by molar-refractivity contribution is 6.17. The molecular formula is C12H12ClNO3. The summed E-state index contributed by atoms with van der Waals surface area (Å²) >= 11 is 5.69. The molecular weight excluding hydrogens is 242 g/mol. The molecule has 0 unspecified atom stereocenters. The third kappa shape index (κ3) is 2.08. The Labute approximate surface area is 103 Å². The molecule has 2 aromatic rings. The Balaban J connectivity index is 2.74. The molecule has 90 valence electrons. The number of ether oxygens (including phenoxy) is 2. The van der Waals surface area contributed by atoms with Gasteiger partial charge >= 0.3 is 0 Å². The molecule has 0 aliphatic rings. The SMILES string of the molecule is COc1cc2cc(CCl)c(=O)[nH]c2cc1OC. The van der Waals surface area contributed by atoms with Gasteiger partial charge in [0.05, 0.1) is 25.6 Å². The van der Waals surface area contributed by atoms with E-state index in [9.17, 15) is 4.79 Å². The molecule has 0 aliphatic heterocycles. The van der Waals surface area contributed by atoms with E-state index in [1.54, 1.807) is 32.4 Å². The monoisotopic (exact) mass is 253 g/mol. The number of H-pyrrole nitrogens is 1. The van der Waals surface area contributed by atoms with E-state index in [-0.39, 0.29) is 11.4 Å². The second-order valence-electron chi connectivity index (χ2n) is 3.55. The number of hydrogen-bond acceptors (Lipinski definition) is 3. The van der Waals surface area contributed by atoms with Crippen LogP contribution >= 0.6 is 11.6 Å². The van der Waals surface area contributed by atoms with Crippen LogP contribution in [0.15, 0.2) is 23.0 Å². The first-order valence-corrected chi connectivity index (χ1v) is 5.57. The van der Waals surface area contributed by atoms with Crippen LogP contribution in [0.4, 0.5) is 0 Å². The summed E-state index contributed by atoms with van der Waals surface area (Å²) in [6.45, 7) is 0. The van der Waals surface area contributed by atoms with E-state index in [2.05, 4.69) is 4.98 Å². The zero-order chi connectivity index (χ0) is 12.4. The third-order valence-corrected chi connectivity index (χ3v) is 2.86. The second kappa shape index (κ2) is 4.67. The number of aromatic amines is 1. The standard InChI is InChI=1S/C12H12ClNO3/c1-16-10-4-7-3-8(6-13)12(15)14-9(7)5-11(10)17-2/h3-5H,6H2,1-2H3,(H,14,15). The van der Waals surface area contributed by atoms with Crippen LogP contribution in [-0.2, 0) is 5.88 Å². The number of nitrogens with one attached hydrogen (secondary N) is 1. The first kappa shape index (κ1) is 11.8. The highest BCUT2D eigenvalue weighted by Gasteiger charge is 2.08. The maximum absolute atomic E-state index is 11.6. The van der Waals surface area contributed by atoms with E-state index in [0.29, 0.717) is 22.6 Å². The van der Waals surface area contributed by atoms with Gasteiger partial charge in [-0.05, 0) is 12.1 Å². The fourth-order valence-electron chi connectivity index (χ4n) is 1.68. The van der Waals surface area contributed by atoms with Crippen LogP contribution in [0.1, 0.15) is 5.56 Å². The molecule has 1 N–H and O–H groups in total. The molecule has 0 saturated heterocycles. The predicted molar refractivity (Wildman–Crippen MR) is 67.2 cm³/mol. The van der Waals surface area contributed by atoms with Crippen LogP contribution in [0.25, 0.3) is 10.9 Å². The van der Waals surface area contributed by atoms with E-state index in [1.807, 2.05) is 0 Å². The van der Waals surface area contributed by atoms with Crippen molar-refractivity contribution >= 4 is 22.5 Å². The molecule has 0 atom stereocenters. The molecule has 0 bridgehead atoms. The molecule has 0 fully saturated rings. The van der Waals surface area contributed by atoms with Crippen molar-refractivity contribution in [3.8, 4) is 11.5 Å². The molecule has 0 aliphatic carbocycles. The van der Waals surface area contributed by atoms with Gasteiger partial charge < -0.3 is 14.5 Å². The van der Waals surface area contributed by atoms with Gasteiger partial charge in [-0.2, -0.15) is 0 Å². The van der Waals surface area contributed by atoms with Crippen LogP contribution in [-0.4, -0.2) is 19.2 Å². The number of halogens is 1. The number of aromatic nitrogens is 1. The second-order valence-corrected chi connectivity index (χ2v) is 3.82. The van der Waals surface area contributed by atoms with Crippen molar-refractivity contribution in [3.63, 3.8) is 0 Å². The number of fused-ring (bicyclic) bond motifs is 1. The lowest BCUT2D eigenvalue weighted by atomic mass is 10.1. The first-order chi connectivity index (χ1) is 8.19. The van der Waals surface area contributed by atoms with E-state index < -0.39 is 0 Å². The average molecular weight is 254 g/mol. The zero-order valence-corrected chi connectivity index (χ0v) is 10.3. The Morgan fingerprint density at radius 2 is 1.82 bits per heavy atom. The summed E-state index contributed by atoms with van der Waals surface area (Å²) in [6, 6.07) is 5.29. The smallest absolute Gasteiger partial charge is 0.252 e. The van der Waals surface area contributed by atoms with E-state index in [1.165, 1.54) is 0 Å². The Morgan fingerprint density at radius 3 is 2.41 bits per heavy atom. The summed E-state index contributed by atoms with van der Waals surface area (Å²) in [6.07, 6.45) is 0. The van der Waals surface area contributed by atoms with Gasteiger partial charge in [-0.15, -0.1) is 11.6 Å². The van der Waals surface area contributed by atoms with Crippen LogP contribution in [0.5, 0.6) is 11.5 Å². The van der Waals surface area contributed by atoms with Crippen molar-refractivity contribution < 1.29 is 9.47 Å². The van der Waals surface area contributed by atoms with Crippen molar-refractivity contribution in [2.45, 2.75) is 5.88 Å². The number of pyridine rings is 1. The fourth-order valence-corrected chi connectivity index (χ4v) is 1.88. The molecule has 4 nitrogen and oxygen atoms in total. The van der Waals surface area contributed by atoms with Gasteiger partial charge in [0.15, 0.2) is 11.5 Å². The van der Waals surface area contributed by atoms with Gasteiger partial charge in [-0.3, -0.25) is 4.79 Å². The van der Waals surface area contributed by atoms with Gasteiger partial charge in [0.2, 0.25) is 0 Å². The van der Waals surface area contributed by atoms with Gasteiger partial charge in [-0.25, -0.2) is 0 Å². The summed E-state index contributed by atoms with van der Waals surface area (Å²) in [5.41, 5.74) is 1.05. The fraction of sp³-hybridized carbons (Fsp3) is 0.250. The minimum absolute atomic E-state index is 0.180. The molecule has 0 saturated carbocycles. The largest absolute Gasteiger partial charge is 0.493 e. The van der Waals surface area contributed by atoms with Gasteiger partial charge in [0, 0.05) is 17.0 Å². The number of hydrogen-bond donors (Lipinski definition) is 1. The number of alkyl halides is 1. The normalized spacial score (nSPS) is 10.5. The van der Waals surface area contributed by atoms with E-state index in [0.717, 1.165) is 5.39 Å². The van der Waals surface area contributed by atoms with Gasteiger partial charge in [0.25, 0.3) is 5.56 Å². The molecule has 5 heteroatoms. The van der Waals surface area contributed by atoms with Crippen LogP contribution < -0.4 is 15.0 Å². The lowest BCUT2D eigenvalue weighted by Gasteiger charge is -2.09. The summed E-state index contributed by atoms with van der Waals surface area (Å²) in [5, 5.41) is 0.859. The molecule has 1 aromatic carbocycles.